The van der Waals surface area contributed by atoms with Gasteiger partial charge < -0.3 is 14.2 Å². The van der Waals surface area contributed by atoms with Crippen molar-refractivity contribution >= 4 is 23.7 Å². The average Bonchev–Trinajstić information content (AvgIpc) is 3.04. The fraction of sp³-hybridized carbons (Fsp3) is 0.778. The third-order valence-electron chi connectivity index (χ3n) is 9.69. The minimum atomic E-state index is -1.25. The Morgan fingerprint density at radius 3 is 2.26 bits per heavy atom. The first-order chi connectivity index (χ1) is 15.9. The highest BCUT2D eigenvalue weighted by Crippen LogP contribution is 2.68. The van der Waals surface area contributed by atoms with Gasteiger partial charge in [0, 0.05) is 32.6 Å². The first kappa shape index (κ1) is 24.9. The Bertz CT molecular complexity index is 922. The normalized spacial score (nSPS) is 40.7. The van der Waals surface area contributed by atoms with Gasteiger partial charge in [-0.25, -0.2) is 0 Å². The third-order valence-corrected chi connectivity index (χ3v) is 9.69. The number of carbonyl (C=O) groups is 4. The molecule has 4 aliphatic carbocycles. The largest absolute Gasteiger partial charge is 0.462 e. The van der Waals surface area contributed by atoms with Crippen LogP contribution < -0.4 is 0 Å². The van der Waals surface area contributed by atoms with E-state index >= 15 is 0 Å². The summed E-state index contributed by atoms with van der Waals surface area (Å²) in [5, 5.41) is 0. The standard InChI is InChI=1S/C27H38O7/c1-16(28)32-15-24(31)27(34-18(3)30)13-10-23-21-7-6-19-14-20(33-17(2)29)8-11-25(19,4)22(21)9-12-26(23,27)5/h6,20-23H,7-15H2,1-5H3/t20-,21-,22+,23+,25-,26-,27-/m0/s1. The summed E-state index contributed by atoms with van der Waals surface area (Å²) in [7, 11) is 0. The zero-order valence-corrected chi connectivity index (χ0v) is 21.1. The van der Waals surface area contributed by atoms with Crippen LogP contribution in [0, 0.1) is 28.6 Å². The van der Waals surface area contributed by atoms with Gasteiger partial charge in [0.25, 0.3) is 0 Å². The van der Waals surface area contributed by atoms with Crippen molar-refractivity contribution in [1.82, 2.24) is 0 Å². The van der Waals surface area contributed by atoms with Gasteiger partial charge in [-0.05, 0) is 68.1 Å². The SMILES string of the molecule is CC(=O)OCC(=O)[C@@]1(OC(C)=O)CC[C@@H]2[C@H]3CC=C4C[C@@H](OC(C)=O)CC[C@]4(C)[C@@H]3CC[C@@]21C. The molecule has 7 atom stereocenters. The van der Waals surface area contributed by atoms with Crippen LogP contribution in [0.1, 0.15) is 86.0 Å². The molecule has 0 spiro atoms. The molecule has 0 N–H and O–H groups in total. The van der Waals surface area contributed by atoms with E-state index in [9.17, 15) is 19.2 Å². The molecule has 4 rings (SSSR count). The highest BCUT2D eigenvalue weighted by molar-refractivity contribution is 5.93. The van der Waals surface area contributed by atoms with E-state index in [0.29, 0.717) is 18.3 Å². The molecule has 0 aromatic rings. The van der Waals surface area contributed by atoms with E-state index in [4.69, 9.17) is 14.2 Å². The Morgan fingerprint density at radius 1 is 0.912 bits per heavy atom. The van der Waals surface area contributed by atoms with Crippen molar-refractivity contribution in [1.29, 1.82) is 0 Å². The molecule has 3 fully saturated rings. The van der Waals surface area contributed by atoms with E-state index < -0.39 is 23.0 Å². The maximum absolute atomic E-state index is 13.4. The second-order valence-corrected chi connectivity index (χ2v) is 11.4. The van der Waals surface area contributed by atoms with E-state index in [1.807, 2.05) is 0 Å². The van der Waals surface area contributed by atoms with Crippen LogP contribution in [0.3, 0.4) is 0 Å². The van der Waals surface area contributed by atoms with Crippen molar-refractivity contribution < 1.29 is 33.4 Å². The summed E-state index contributed by atoms with van der Waals surface area (Å²) in [6, 6.07) is 0. The number of Topliss-reactive ketones (excluding diaryl/α,β-unsaturated/α-hetero) is 1. The van der Waals surface area contributed by atoms with E-state index in [1.165, 1.54) is 26.3 Å². The molecule has 0 aromatic carbocycles. The number of hydrogen-bond acceptors (Lipinski definition) is 7. The highest BCUT2D eigenvalue weighted by atomic mass is 16.6. The summed E-state index contributed by atoms with van der Waals surface area (Å²) in [5.74, 6) is -0.382. The van der Waals surface area contributed by atoms with E-state index in [0.717, 1.165) is 44.9 Å². The van der Waals surface area contributed by atoms with Crippen LogP contribution >= 0.6 is 0 Å². The number of hydrogen-bond donors (Lipinski definition) is 0. The van der Waals surface area contributed by atoms with E-state index in [-0.39, 0.29) is 35.8 Å². The molecule has 188 valence electrons. The highest BCUT2D eigenvalue weighted by Gasteiger charge is 2.68. The fourth-order valence-electron chi connectivity index (χ4n) is 8.17. The Labute approximate surface area is 202 Å². The van der Waals surface area contributed by atoms with Gasteiger partial charge in [0.2, 0.25) is 5.78 Å². The quantitative estimate of drug-likeness (QED) is 0.333. The van der Waals surface area contributed by atoms with Crippen LogP contribution in [0.25, 0.3) is 0 Å². The van der Waals surface area contributed by atoms with Gasteiger partial charge in [-0.2, -0.15) is 0 Å². The van der Waals surface area contributed by atoms with Crippen molar-refractivity contribution in [3.05, 3.63) is 11.6 Å². The summed E-state index contributed by atoms with van der Waals surface area (Å²) in [5.41, 5.74) is -0.268. The van der Waals surface area contributed by atoms with Crippen LogP contribution in [0.5, 0.6) is 0 Å². The van der Waals surface area contributed by atoms with Gasteiger partial charge >= 0.3 is 17.9 Å². The van der Waals surface area contributed by atoms with Gasteiger partial charge in [-0.3, -0.25) is 19.2 Å². The van der Waals surface area contributed by atoms with Crippen molar-refractivity contribution in [2.75, 3.05) is 6.61 Å². The summed E-state index contributed by atoms with van der Waals surface area (Å²) in [6.45, 7) is 8.20. The number of esters is 3. The summed E-state index contributed by atoms with van der Waals surface area (Å²) >= 11 is 0. The lowest BCUT2D eigenvalue weighted by Crippen LogP contribution is -2.59. The van der Waals surface area contributed by atoms with Crippen molar-refractivity contribution in [2.24, 2.45) is 28.6 Å². The van der Waals surface area contributed by atoms with E-state index in [2.05, 4.69) is 19.9 Å². The second-order valence-electron chi connectivity index (χ2n) is 11.4. The molecule has 0 bridgehead atoms. The topological polar surface area (TPSA) is 96.0 Å². The molecule has 0 unspecified atom stereocenters. The maximum atomic E-state index is 13.4. The molecule has 34 heavy (non-hydrogen) atoms. The Morgan fingerprint density at radius 2 is 1.62 bits per heavy atom. The number of allylic oxidation sites excluding steroid dienone is 1. The van der Waals surface area contributed by atoms with Crippen molar-refractivity contribution in [3.8, 4) is 0 Å². The summed E-state index contributed by atoms with van der Waals surface area (Å²) < 4.78 is 16.5. The first-order valence-corrected chi connectivity index (χ1v) is 12.7. The number of fused-ring (bicyclic) bond motifs is 5. The zero-order chi connectivity index (χ0) is 24.9. The number of ketones is 1. The zero-order valence-electron chi connectivity index (χ0n) is 21.1. The number of rotatable bonds is 5. The predicted octanol–water partition coefficient (Wildman–Crippen LogP) is 4.32. The first-order valence-electron chi connectivity index (χ1n) is 12.7. The van der Waals surface area contributed by atoms with Crippen molar-refractivity contribution in [2.45, 2.75) is 97.7 Å². The van der Waals surface area contributed by atoms with Crippen LogP contribution in [-0.2, 0) is 33.4 Å². The molecule has 7 heteroatoms. The van der Waals surface area contributed by atoms with Crippen LogP contribution in [-0.4, -0.2) is 42.0 Å². The third kappa shape index (κ3) is 3.89. The monoisotopic (exact) mass is 474 g/mol. The Kier molecular flexibility index (Phi) is 6.45. The molecule has 0 saturated heterocycles. The molecule has 4 aliphatic rings. The van der Waals surface area contributed by atoms with Gasteiger partial charge in [0.05, 0.1) is 0 Å². The van der Waals surface area contributed by atoms with Gasteiger partial charge in [-0.15, -0.1) is 0 Å². The Hall–Kier alpha value is -2.18. The predicted molar refractivity (Wildman–Crippen MR) is 123 cm³/mol. The lowest BCUT2D eigenvalue weighted by atomic mass is 9.46. The number of ether oxygens (including phenoxy) is 3. The van der Waals surface area contributed by atoms with Crippen molar-refractivity contribution in [3.63, 3.8) is 0 Å². The van der Waals surface area contributed by atoms with Gasteiger partial charge in [0.15, 0.2) is 12.2 Å². The molecule has 7 nitrogen and oxygen atoms in total. The van der Waals surface area contributed by atoms with Crippen LogP contribution in [0.4, 0.5) is 0 Å². The lowest BCUT2D eigenvalue weighted by molar-refractivity contribution is -0.190. The smallest absolute Gasteiger partial charge is 0.303 e. The van der Waals surface area contributed by atoms with Crippen LogP contribution in [0.2, 0.25) is 0 Å². The fourth-order valence-corrected chi connectivity index (χ4v) is 8.17. The average molecular weight is 475 g/mol. The Balaban J connectivity index is 1.62. The maximum Gasteiger partial charge on any atom is 0.303 e. The summed E-state index contributed by atoms with van der Waals surface area (Å²) in [4.78, 5) is 48.5. The molecule has 0 aromatic heterocycles. The molecular weight excluding hydrogens is 436 g/mol. The number of carbonyl (C=O) groups excluding carboxylic acids is 4. The van der Waals surface area contributed by atoms with Gasteiger partial charge in [0.1, 0.15) is 6.10 Å². The molecule has 0 radical (unpaired) electrons. The minimum Gasteiger partial charge on any atom is -0.462 e. The minimum absolute atomic E-state index is 0.0378. The molecule has 3 saturated carbocycles. The molecule has 0 aliphatic heterocycles. The molecular formula is C27H38O7. The summed E-state index contributed by atoms with van der Waals surface area (Å²) in [6.07, 6.45) is 8.93. The lowest BCUT2D eigenvalue weighted by Gasteiger charge is -2.59. The van der Waals surface area contributed by atoms with Crippen LogP contribution in [0.15, 0.2) is 11.6 Å². The molecule has 0 amide bonds. The van der Waals surface area contributed by atoms with Gasteiger partial charge in [-0.1, -0.05) is 25.5 Å². The van der Waals surface area contributed by atoms with E-state index in [1.54, 1.807) is 0 Å². The molecule has 0 heterocycles. The second kappa shape index (κ2) is 8.80.